The molecule has 0 spiro atoms. The van der Waals surface area contributed by atoms with Crippen LogP contribution in [-0.2, 0) is 9.59 Å². The van der Waals surface area contributed by atoms with Crippen LogP contribution < -0.4 is 5.32 Å². The number of piperidine rings is 1. The minimum Gasteiger partial charge on any atom is -0.337 e. The molecule has 1 aliphatic rings. The minimum absolute atomic E-state index is 0.0963. The summed E-state index contributed by atoms with van der Waals surface area (Å²) >= 11 is 0. The summed E-state index contributed by atoms with van der Waals surface area (Å²) in [5, 5.41) is 2.67. The van der Waals surface area contributed by atoms with Crippen molar-refractivity contribution in [2.24, 2.45) is 5.92 Å². The summed E-state index contributed by atoms with van der Waals surface area (Å²) < 4.78 is 0. The molecule has 1 aromatic carbocycles. The molecule has 0 saturated carbocycles. The van der Waals surface area contributed by atoms with Crippen molar-refractivity contribution < 1.29 is 9.59 Å². The first kappa shape index (κ1) is 15.3. The Kier molecular flexibility index (Phi) is 5.14. The van der Waals surface area contributed by atoms with Gasteiger partial charge in [0.15, 0.2) is 0 Å². The summed E-state index contributed by atoms with van der Waals surface area (Å²) in [7, 11) is 0. The van der Waals surface area contributed by atoms with Gasteiger partial charge in [-0.05, 0) is 30.4 Å². The van der Waals surface area contributed by atoms with E-state index in [1.165, 1.54) is 6.92 Å². The van der Waals surface area contributed by atoms with Gasteiger partial charge in [-0.15, -0.1) is 0 Å². The van der Waals surface area contributed by atoms with E-state index in [1.54, 1.807) is 6.08 Å². The summed E-state index contributed by atoms with van der Waals surface area (Å²) in [6, 6.07) is 9.55. The zero-order valence-corrected chi connectivity index (χ0v) is 12.6. The monoisotopic (exact) mass is 286 g/mol. The summed E-state index contributed by atoms with van der Waals surface area (Å²) in [5.41, 5.74) is 1.25. The number of hydrogen-bond acceptors (Lipinski definition) is 2. The molecule has 0 radical (unpaired) electrons. The van der Waals surface area contributed by atoms with Crippen molar-refractivity contribution in [2.45, 2.75) is 26.7 Å². The molecule has 0 aromatic heterocycles. The fourth-order valence-corrected chi connectivity index (χ4v) is 2.44. The molecule has 1 aromatic rings. The summed E-state index contributed by atoms with van der Waals surface area (Å²) in [6.45, 7) is 5.14. The molecule has 0 aliphatic carbocycles. The lowest BCUT2D eigenvalue weighted by Gasteiger charge is -2.31. The van der Waals surface area contributed by atoms with Gasteiger partial charge in [0, 0.05) is 20.0 Å². The number of carbonyl (C=O) groups excluding carboxylic acids is 2. The second-order valence-electron chi connectivity index (χ2n) is 5.62. The van der Waals surface area contributed by atoms with Crippen molar-refractivity contribution in [3.05, 3.63) is 41.6 Å². The van der Waals surface area contributed by atoms with Gasteiger partial charge in [-0.1, -0.05) is 37.3 Å². The molecule has 1 N–H and O–H groups in total. The van der Waals surface area contributed by atoms with E-state index in [4.69, 9.17) is 0 Å². The largest absolute Gasteiger partial charge is 0.337 e. The fourth-order valence-electron chi connectivity index (χ4n) is 2.44. The van der Waals surface area contributed by atoms with E-state index in [0.29, 0.717) is 11.6 Å². The molecule has 4 heteroatoms. The molecule has 4 nitrogen and oxygen atoms in total. The van der Waals surface area contributed by atoms with Crippen LogP contribution >= 0.6 is 0 Å². The molecular formula is C17H22N2O2. The molecule has 1 heterocycles. The average molecular weight is 286 g/mol. The lowest BCUT2D eigenvalue weighted by atomic mass is 9.99. The number of likely N-dealkylation sites (tertiary alicyclic amines) is 1. The van der Waals surface area contributed by atoms with Crippen LogP contribution in [0.4, 0.5) is 0 Å². The number of nitrogens with one attached hydrogen (secondary N) is 1. The molecule has 2 rings (SSSR count). The van der Waals surface area contributed by atoms with Gasteiger partial charge in [0.2, 0.25) is 5.91 Å². The number of nitrogens with zero attached hydrogens (tertiary/aromatic N) is 1. The predicted octanol–water partition coefficient (Wildman–Crippen LogP) is 2.42. The highest BCUT2D eigenvalue weighted by Gasteiger charge is 2.23. The van der Waals surface area contributed by atoms with E-state index in [-0.39, 0.29) is 11.8 Å². The molecule has 1 aliphatic heterocycles. The van der Waals surface area contributed by atoms with Gasteiger partial charge < -0.3 is 10.2 Å². The number of rotatable bonds is 3. The third-order valence-corrected chi connectivity index (χ3v) is 3.72. The van der Waals surface area contributed by atoms with Crippen LogP contribution in [0, 0.1) is 5.92 Å². The SMILES string of the molecule is CC(=O)N/C(=C\c1ccccc1)C(=O)N1CCC(C)CC1. The van der Waals surface area contributed by atoms with Crippen LogP contribution in [0.15, 0.2) is 36.0 Å². The molecule has 21 heavy (non-hydrogen) atoms. The Morgan fingerprint density at radius 3 is 2.38 bits per heavy atom. The van der Waals surface area contributed by atoms with Crippen molar-refractivity contribution in [1.82, 2.24) is 10.2 Å². The zero-order valence-electron chi connectivity index (χ0n) is 12.6. The van der Waals surface area contributed by atoms with E-state index >= 15 is 0 Å². The lowest BCUT2D eigenvalue weighted by molar-refractivity contribution is -0.130. The van der Waals surface area contributed by atoms with Crippen LogP contribution in [0.2, 0.25) is 0 Å². The first-order valence-electron chi connectivity index (χ1n) is 7.40. The average Bonchev–Trinajstić information content (AvgIpc) is 2.47. The van der Waals surface area contributed by atoms with Crippen LogP contribution in [0.1, 0.15) is 32.3 Å². The summed E-state index contributed by atoms with van der Waals surface area (Å²) in [5.74, 6) is 0.341. The van der Waals surface area contributed by atoms with Gasteiger partial charge in [-0.2, -0.15) is 0 Å². The van der Waals surface area contributed by atoms with E-state index in [0.717, 1.165) is 31.5 Å². The number of benzene rings is 1. The molecule has 0 unspecified atom stereocenters. The van der Waals surface area contributed by atoms with Crippen molar-refractivity contribution in [2.75, 3.05) is 13.1 Å². The second kappa shape index (κ2) is 7.07. The summed E-state index contributed by atoms with van der Waals surface area (Å²) in [4.78, 5) is 25.8. The van der Waals surface area contributed by atoms with Crippen LogP contribution in [0.5, 0.6) is 0 Å². The fraction of sp³-hybridized carbons (Fsp3) is 0.412. The highest BCUT2D eigenvalue weighted by molar-refractivity contribution is 6.00. The van der Waals surface area contributed by atoms with Crippen molar-refractivity contribution in [3.63, 3.8) is 0 Å². The summed E-state index contributed by atoms with van der Waals surface area (Å²) in [6.07, 6.45) is 3.77. The highest BCUT2D eigenvalue weighted by Crippen LogP contribution is 2.18. The molecule has 1 saturated heterocycles. The predicted molar refractivity (Wildman–Crippen MR) is 83.2 cm³/mol. The number of carbonyl (C=O) groups is 2. The maximum Gasteiger partial charge on any atom is 0.270 e. The van der Waals surface area contributed by atoms with Crippen molar-refractivity contribution in [3.8, 4) is 0 Å². The first-order chi connectivity index (χ1) is 10.1. The van der Waals surface area contributed by atoms with E-state index in [9.17, 15) is 9.59 Å². The van der Waals surface area contributed by atoms with Gasteiger partial charge in [-0.3, -0.25) is 9.59 Å². The molecule has 0 atom stereocenters. The van der Waals surface area contributed by atoms with Crippen LogP contribution in [-0.4, -0.2) is 29.8 Å². The quantitative estimate of drug-likeness (QED) is 0.868. The molecular weight excluding hydrogens is 264 g/mol. The maximum atomic E-state index is 12.6. The maximum absolute atomic E-state index is 12.6. The van der Waals surface area contributed by atoms with Crippen molar-refractivity contribution >= 4 is 17.9 Å². The zero-order chi connectivity index (χ0) is 15.2. The second-order valence-corrected chi connectivity index (χ2v) is 5.62. The van der Waals surface area contributed by atoms with Gasteiger partial charge >= 0.3 is 0 Å². The molecule has 0 bridgehead atoms. The molecule has 112 valence electrons. The third kappa shape index (κ3) is 4.45. The van der Waals surface area contributed by atoms with Crippen LogP contribution in [0.25, 0.3) is 6.08 Å². The minimum atomic E-state index is -0.226. The standard InChI is InChI=1S/C17H22N2O2/c1-13-8-10-19(11-9-13)17(21)16(18-14(2)20)12-15-6-4-3-5-7-15/h3-7,12-13H,8-11H2,1-2H3,(H,18,20)/b16-12-. The Balaban J connectivity index is 2.17. The Bertz CT molecular complexity index is 529. The Morgan fingerprint density at radius 2 is 1.81 bits per heavy atom. The van der Waals surface area contributed by atoms with Crippen LogP contribution in [0.3, 0.4) is 0 Å². The van der Waals surface area contributed by atoms with Gasteiger partial charge in [0.25, 0.3) is 5.91 Å². The van der Waals surface area contributed by atoms with Crippen molar-refractivity contribution in [1.29, 1.82) is 0 Å². The Labute approximate surface area is 125 Å². The molecule has 1 fully saturated rings. The topological polar surface area (TPSA) is 49.4 Å². The van der Waals surface area contributed by atoms with Gasteiger partial charge in [0.05, 0.1) is 0 Å². The van der Waals surface area contributed by atoms with Gasteiger partial charge in [0.1, 0.15) is 5.70 Å². The Hall–Kier alpha value is -2.10. The van der Waals surface area contributed by atoms with E-state index in [2.05, 4.69) is 12.2 Å². The first-order valence-corrected chi connectivity index (χ1v) is 7.40. The van der Waals surface area contributed by atoms with E-state index < -0.39 is 0 Å². The smallest absolute Gasteiger partial charge is 0.270 e. The van der Waals surface area contributed by atoms with Gasteiger partial charge in [-0.25, -0.2) is 0 Å². The normalized spacial score (nSPS) is 16.7. The number of hydrogen-bond donors (Lipinski definition) is 1. The number of amides is 2. The molecule has 2 amide bonds. The highest BCUT2D eigenvalue weighted by atomic mass is 16.2. The van der Waals surface area contributed by atoms with E-state index in [1.807, 2.05) is 35.2 Å². The third-order valence-electron chi connectivity index (χ3n) is 3.72. The Morgan fingerprint density at radius 1 is 1.19 bits per heavy atom. The lowest BCUT2D eigenvalue weighted by Crippen LogP contribution is -2.42.